The van der Waals surface area contributed by atoms with Crippen LogP contribution in [0.5, 0.6) is 0 Å². The standard InChI is InChI=1S/C11H12N4/c1-4-14-11(15-5-1)9-13-8-10-2-6-12-7-3-10/h1-7,13H,8-9H2. The third kappa shape index (κ3) is 3.11. The van der Waals surface area contributed by atoms with Gasteiger partial charge in [0.05, 0.1) is 6.54 Å². The van der Waals surface area contributed by atoms with Crippen molar-refractivity contribution in [2.75, 3.05) is 0 Å². The molecule has 0 spiro atoms. The van der Waals surface area contributed by atoms with Crippen molar-refractivity contribution < 1.29 is 0 Å². The van der Waals surface area contributed by atoms with Crippen LogP contribution in [0.2, 0.25) is 0 Å². The van der Waals surface area contributed by atoms with Gasteiger partial charge in [-0.1, -0.05) is 0 Å². The molecule has 0 saturated carbocycles. The van der Waals surface area contributed by atoms with Gasteiger partial charge in [-0.25, -0.2) is 9.97 Å². The molecule has 4 heteroatoms. The van der Waals surface area contributed by atoms with Crippen molar-refractivity contribution in [3.8, 4) is 0 Å². The molecule has 1 N–H and O–H groups in total. The predicted molar refractivity (Wildman–Crippen MR) is 56.8 cm³/mol. The molecule has 2 heterocycles. The highest BCUT2D eigenvalue weighted by molar-refractivity contribution is 5.09. The lowest BCUT2D eigenvalue weighted by Crippen LogP contribution is -2.14. The summed E-state index contributed by atoms with van der Waals surface area (Å²) >= 11 is 0. The van der Waals surface area contributed by atoms with Crippen LogP contribution >= 0.6 is 0 Å². The van der Waals surface area contributed by atoms with Crippen molar-refractivity contribution in [1.29, 1.82) is 0 Å². The Morgan fingerprint density at radius 1 is 0.933 bits per heavy atom. The number of hydrogen-bond acceptors (Lipinski definition) is 4. The minimum absolute atomic E-state index is 0.684. The van der Waals surface area contributed by atoms with Crippen molar-refractivity contribution in [2.24, 2.45) is 0 Å². The SMILES string of the molecule is c1cnc(CNCc2ccncc2)nc1. The molecule has 4 nitrogen and oxygen atoms in total. The highest BCUT2D eigenvalue weighted by atomic mass is 14.9. The van der Waals surface area contributed by atoms with E-state index in [0.717, 1.165) is 12.4 Å². The molecule has 76 valence electrons. The average Bonchev–Trinajstić information content (AvgIpc) is 2.32. The topological polar surface area (TPSA) is 50.7 Å². The fourth-order valence-corrected chi connectivity index (χ4v) is 1.24. The third-order valence-electron chi connectivity index (χ3n) is 1.98. The lowest BCUT2D eigenvalue weighted by Gasteiger charge is -2.02. The molecule has 0 aromatic carbocycles. The Morgan fingerprint density at radius 2 is 1.67 bits per heavy atom. The van der Waals surface area contributed by atoms with Gasteiger partial charge in [-0.2, -0.15) is 0 Å². The fraction of sp³-hybridized carbons (Fsp3) is 0.182. The van der Waals surface area contributed by atoms with E-state index in [-0.39, 0.29) is 0 Å². The average molecular weight is 200 g/mol. The van der Waals surface area contributed by atoms with E-state index in [1.165, 1.54) is 5.56 Å². The van der Waals surface area contributed by atoms with Gasteiger partial charge >= 0.3 is 0 Å². The van der Waals surface area contributed by atoms with Crippen LogP contribution in [0.15, 0.2) is 43.0 Å². The maximum absolute atomic E-state index is 4.12. The van der Waals surface area contributed by atoms with Gasteiger partial charge in [-0.15, -0.1) is 0 Å². The summed E-state index contributed by atoms with van der Waals surface area (Å²) in [6.07, 6.45) is 7.07. The first-order valence-corrected chi connectivity index (χ1v) is 4.80. The van der Waals surface area contributed by atoms with Gasteiger partial charge < -0.3 is 5.32 Å². The minimum Gasteiger partial charge on any atom is -0.306 e. The molecule has 15 heavy (non-hydrogen) atoms. The maximum atomic E-state index is 4.12. The summed E-state index contributed by atoms with van der Waals surface area (Å²) in [5.41, 5.74) is 1.21. The lowest BCUT2D eigenvalue weighted by atomic mass is 10.3. The Bertz CT molecular complexity index is 348. The largest absolute Gasteiger partial charge is 0.306 e. The molecule has 0 atom stereocenters. The summed E-state index contributed by atoms with van der Waals surface area (Å²) in [6, 6.07) is 5.78. The monoisotopic (exact) mass is 200 g/mol. The third-order valence-corrected chi connectivity index (χ3v) is 1.98. The highest BCUT2D eigenvalue weighted by Gasteiger charge is 1.94. The molecule has 0 bridgehead atoms. The second-order valence-electron chi connectivity index (χ2n) is 3.12. The van der Waals surface area contributed by atoms with Gasteiger partial charge in [0, 0.05) is 31.3 Å². The molecule has 0 aliphatic heterocycles. The second kappa shape index (κ2) is 5.17. The molecule has 0 saturated heterocycles. The van der Waals surface area contributed by atoms with Crippen molar-refractivity contribution in [1.82, 2.24) is 20.3 Å². The lowest BCUT2D eigenvalue weighted by molar-refractivity contribution is 0.661. The van der Waals surface area contributed by atoms with Gasteiger partial charge in [-0.3, -0.25) is 4.98 Å². The zero-order chi connectivity index (χ0) is 10.3. The zero-order valence-corrected chi connectivity index (χ0v) is 8.30. The quantitative estimate of drug-likeness (QED) is 0.804. The van der Waals surface area contributed by atoms with Crippen LogP contribution in [0, 0.1) is 0 Å². The first-order valence-electron chi connectivity index (χ1n) is 4.80. The number of aromatic nitrogens is 3. The van der Waals surface area contributed by atoms with Gasteiger partial charge in [0.15, 0.2) is 0 Å². The molecule has 2 rings (SSSR count). The maximum Gasteiger partial charge on any atom is 0.141 e. The summed E-state index contributed by atoms with van der Waals surface area (Å²) in [6.45, 7) is 1.49. The van der Waals surface area contributed by atoms with Gasteiger partial charge in [-0.05, 0) is 23.8 Å². The van der Waals surface area contributed by atoms with Crippen LogP contribution in [0.25, 0.3) is 0 Å². The summed E-state index contributed by atoms with van der Waals surface area (Å²) in [7, 11) is 0. The van der Waals surface area contributed by atoms with E-state index in [1.54, 1.807) is 24.8 Å². The Morgan fingerprint density at radius 3 is 2.40 bits per heavy atom. The van der Waals surface area contributed by atoms with Crippen LogP contribution < -0.4 is 5.32 Å². The van der Waals surface area contributed by atoms with Crippen LogP contribution in [0.3, 0.4) is 0 Å². The number of pyridine rings is 1. The summed E-state index contributed by atoms with van der Waals surface area (Å²) in [5.74, 6) is 0.812. The number of nitrogens with zero attached hydrogens (tertiary/aromatic N) is 3. The van der Waals surface area contributed by atoms with E-state index < -0.39 is 0 Å². The molecule has 0 aliphatic carbocycles. The zero-order valence-electron chi connectivity index (χ0n) is 8.30. The second-order valence-corrected chi connectivity index (χ2v) is 3.12. The highest BCUT2D eigenvalue weighted by Crippen LogP contribution is 1.95. The van der Waals surface area contributed by atoms with Crippen molar-refractivity contribution in [3.05, 3.63) is 54.4 Å². The Balaban J connectivity index is 1.81. The van der Waals surface area contributed by atoms with Crippen LogP contribution in [-0.4, -0.2) is 15.0 Å². The van der Waals surface area contributed by atoms with E-state index in [1.807, 2.05) is 18.2 Å². The summed E-state index contributed by atoms with van der Waals surface area (Å²) in [4.78, 5) is 12.2. The van der Waals surface area contributed by atoms with E-state index in [4.69, 9.17) is 0 Å². The molecule has 0 fully saturated rings. The van der Waals surface area contributed by atoms with Crippen LogP contribution in [0.4, 0.5) is 0 Å². The van der Waals surface area contributed by atoms with Gasteiger partial charge in [0.25, 0.3) is 0 Å². The minimum atomic E-state index is 0.684. The van der Waals surface area contributed by atoms with Gasteiger partial charge in [0.1, 0.15) is 5.82 Å². The number of rotatable bonds is 4. The molecule has 2 aromatic heterocycles. The van der Waals surface area contributed by atoms with E-state index >= 15 is 0 Å². The molecule has 0 aliphatic rings. The molecule has 0 radical (unpaired) electrons. The normalized spacial score (nSPS) is 10.1. The van der Waals surface area contributed by atoms with Crippen molar-refractivity contribution >= 4 is 0 Å². The Labute approximate surface area is 88.4 Å². The first-order chi connectivity index (χ1) is 7.45. The number of hydrogen-bond donors (Lipinski definition) is 1. The van der Waals surface area contributed by atoms with E-state index in [9.17, 15) is 0 Å². The van der Waals surface area contributed by atoms with Crippen LogP contribution in [-0.2, 0) is 13.1 Å². The molecule has 2 aromatic rings. The van der Waals surface area contributed by atoms with E-state index in [0.29, 0.717) is 6.54 Å². The smallest absolute Gasteiger partial charge is 0.141 e. The summed E-state index contributed by atoms with van der Waals surface area (Å²) < 4.78 is 0. The van der Waals surface area contributed by atoms with Crippen molar-refractivity contribution in [3.63, 3.8) is 0 Å². The summed E-state index contributed by atoms with van der Waals surface area (Å²) in [5, 5.41) is 3.27. The molecule has 0 unspecified atom stereocenters. The molecule has 0 amide bonds. The Kier molecular flexibility index (Phi) is 3.35. The van der Waals surface area contributed by atoms with E-state index in [2.05, 4.69) is 20.3 Å². The van der Waals surface area contributed by atoms with Crippen LogP contribution in [0.1, 0.15) is 11.4 Å². The predicted octanol–water partition coefficient (Wildman–Crippen LogP) is 1.16. The molecular formula is C11H12N4. The fourth-order valence-electron chi connectivity index (χ4n) is 1.24. The molecular weight excluding hydrogens is 188 g/mol. The van der Waals surface area contributed by atoms with Crippen molar-refractivity contribution in [2.45, 2.75) is 13.1 Å². The number of nitrogens with one attached hydrogen (secondary N) is 1. The first kappa shape index (κ1) is 9.73. The Hall–Kier alpha value is -1.81. The van der Waals surface area contributed by atoms with Gasteiger partial charge in [0.2, 0.25) is 0 Å².